The largest absolute Gasteiger partial charge is 0.445 e. The van der Waals surface area contributed by atoms with Gasteiger partial charge >= 0.3 is 6.09 Å². The molecule has 0 saturated carbocycles. The summed E-state index contributed by atoms with van der Waals surface area (Å²) in [6.45, 7) is 0.190. The first-order chi connectivity index (χ1) is 7.68. The lowest BCUT2D eigenvalue weighted by molar-refractivity contribution is 0.150. The molecule has 0 saturated heterocycles. The van der Waals surface area contributed by atoms with E-state index in [9.17, 15) is 4.79 Å². The Kier molecular flexibility index (Phi) is 3.10. The Labute approximate surface area is 101 Å². The van der Waals surface area contributed by atoms with Crippen LogP contribution in [0.5, 0.6) is 0 Å². The molecule has 0 unspecified atom stereocenters. The fraction of sp³-hybridized carbons (Fsp3) is 0.0833. The monoisotopic (exact) mass is 279 g/mol. The normalized spacial score (nSPS) is 10.3. The highest BCUT2D eigenvalue weighted by Crippen LogP contribution is 2.27. The summed E-state index contributed by atoms with van der Waals surface area (Å²) in [4.78, 5) is 10.6. The minimum Gasteiger partial charge on any atom is -0.445 e. The lowest BCUT2D eigenvalue weighted by Crippen LogP contribution is -2.12. The molecule has 0 aliphatic rings. The second kappa shape index (κ2) is 4.53. The van der Waals surface area contributed by atoms with Crippen LogP contribution in [-0.2, 0) is 11.3 Å². The molecule has 0 atom stereocenters. The van der Waals surface area contributed by atoms with E-state index in [1.807, 2.05) is 36.4 Å². The zero-order chi connectivity index (χ0) is 11.5. The molecule has 4 heteroatoms. The van der Waals surface area contributed by atoms with Gasteiger partial charge in [0, 0.05) is 9.86 Å². The van der Waals surface area contributed by atoms with E-state index < -0.39 is 6.09 Å². The van der Waals surface area contributed by atoms with Crippen molar-refractivity contribution >= 4 is 32.8 Å². The highest BCUT2D eigenvalue weighted by Gasteiger charge is 2.05. The maximum Gasteiger partial charge on any atom is 0.404 e. The molecule has 2 N–H and O–H groups in total. The Bertz CT molecular complexity index is 534. The first-order valence-electron chi connectivity index (χ1n) is 4.77. The van der Waals surface area contributed by atoms with Crippen molar-refractivity contribution in [2.75, 3.05) is 0 Å². The third-order valence-corrected chi connectivity index (χ3v) is 2.97. The van der Waals surface area contributed by atoms with Crippen LogP contribution in [0.15, 0.2) is 40.9 Å². The SMILES string of the molecule is NC(=O)OCc1cccc2cccc(Br)c12. The van der Waals surface area contributed by atoms with Crippen LogP contribution in [0.2, 0.25) is 0 Å². The van der Waals surface area contributed by atoms with Crippen LogP contribution in [0.3, 0.4) is 0 Å². The summed E-state index contributed by atoms with van der Waals surface area (Å²) in [6.07, 6.45) is -0.760. The third-order valence-electron chi connectivity index (χ3n) is 2.31. The van der Waals surface area contributed by atoms with Crippen LogP contribution in [0.4, 0.5) is 4.79 Å². The van der Waals surface area contributed by atoms with Gasteiger partial charge in [-0.15, -0.1) is 0 Å². The minimum atomic E-state index is -0.760. The van der Waals surface area contributed by atoms with Crippen molar-refractivity contribution in [3.63, 3.8) is 0 Å². The van der Waals surface area contributed by atoms with Crippen LogP contribution in [0, 0.1) is 0 Å². The summed E-state index contributed by atoms with van der Waals surface area (Å²) < 4.78 is 5.79. The van der Waals surface area contributed by atoms with Crippen LogP contribution >= 0.6 is 15.9 Å². The molecule has 16 heavy (non-hydrogen) atoms. The number of carbonyl (C=O) groups excluding carboxylic acids is 1. The van der Waals surface area contributed by atoms with Gasteiger partial charge in [0.1, 0.15) is 6.61 Å². The molecule has 0 fully saturated rings. The molecule has 0 bridgehead atoms. The molecule has 1 amide bonds. The highest BCUT2D eigenvalue weighted by molar-refractivity contribution is 9.10. The van der Waals surface area contributed by atoms with Crippen LogP contribution in [-0.4, -0.2) is 6.09 Å². The summed E-state index contributed by atoms with van der Waals surface area (Å²) in [5.41, 5.74) is 5.88. The summed E-state index contributed by atoms with van der Waals surface area (Å²) in [7, 11) is 0. The average Bonchev–Trinajstić information content (AvgIpc) is 2.26. The molecule has 2 aromatic carbocycles. The molecule has 0 aromatic heterocycles. The van der Waals surface area contributed by atoms with Crippen molar-refractivity contribution in [3.8, 4) is 0 Å². The predicted molar refractivity (Wildman–Crippen MR) is 66.0 cm³/mol. The number of amides is 1. The molecule has 2 aromatic rings. The van der Waals surface area contributed by atoms with E-state index in [1.165, 1.54) is 0 Å². The summed E-state index contributed by atoms with van der Waals surface area (Å²) in [5.74, 6) is 0. The van der Waals surface area contributed by atoms with E-state index in [-0.39, 0.29) is 6.61 Å². The molecule has 82 valence electrons. The molecule has 0 radical (unpaired) electrons. The topological polar surface area (TPSA) is 52.3 Å². The quantitative estimate of drug-likeness (QED) is 0.918. The lowest BCUT2D eigenvalue weighted by atomic mass is 10.1. The lowest BCUT2D eigenvalue weighted by Gasteiger charge is -2.08. The van der Waals surface area contributed by atoms with E-state index in [0.29, 0.717) is 0 Å². The summed E-state index contributed by atoms with van der Waals surface area (Å²) in [5, 5.41) is 2.14. The molecule has 0 aliphatic heterocycles. The number of fused-ring (bicyclic) bond motifs is 1. The number of halogens is 1. The number of hydrogen-bond acceptors (Lipinski definition) is 2. The Morgan fingerprint density at radius 2 is 1.94 bits per heavy atom. The van der Waals surface area contributed by atoms with Gasteiger partial charge in [-0.2, -0.15) is 0 Å². The number of hydrogen-bond donors (Lipinski definition) is 1. The second-order valence-electron chi connectivity index (χ2n) is 3.36. The molecular formula is C12H10BrNO2. The van der Waals surface area contributed by atoms with Crippen molar-refractivity contribution in [2.24, 2.45) is 5.73 Å². The summed E-state index contributed by atoms with van der Waals surface area (Å²) >= 11 is 3.48. The molecule has 0 heterocycles. The second-order valence-corrected chi connectivity index (χ2v) is 4.22. The molecule has 0 aliphatic carbocycles. The molecular weight excluding hydrogens is 270 g/mol. The van der Waals surface area contributed by atoms with Gasteiger partial charge in [0.15, 0.2) is 0 Å². The van der Waals surface area contributed by atoms with Crippen LogP contribution < -0.4 is 5.73 Å². The van der Waals surface area contributed by atoms with Gasteiger partial charge in [0.05, 0.1) is 0 Å². The number of nitrogens with two attached hydrogens (primary N) is 1. The number of rotatable bonds is 2. The Morgan fingerprint density at radius 1 is 1.25 bits per heavy atom. The van der Waals surface area contributed by atoms with Gasteiger partial charge in [0.25, 0.3) is 0 Å². The fourth-order valence-electron chi connectivity index (χ4n) is 1.64. The van der Waals surface area contributed by atoms with E-state index in [1.54, 1.807) is 0 Å². The van der Waals surface area contributed by atoms with Crippen LogP contribution in [0.1, 0.15) is 5.56 Å². The van der Waals surface area contributed by atoms with Gasteiger partial charge in [-0.1, -0.05) is 46.3 Å². The number of primary amides is 1. The maximum absolute atomic E-state index is 10.6. The molecule has 0 spiro atoms. The van der Waals surface area contributed by atoms with E-state index >= 15 is 0 Å². The minimum absolute atomic E-state index is 0.190. The highest BCUT2D eigenvalue weighted by atomic mass is 79.9. The predicted octanol–water partition coefficient (Wildman–Crippen LogP) is 3.20. The number of ether oxygens (including phenoxy) is 1. The van der Waals surface area contributed by atoms with E-state index in [0.717, 1.165) is 20.8 Å². The van der Waals surface area contributed by atoms with E-state index in [2.05, 4.69) is 15.9 Å². The maximum atomic E-state index is 10.6. The first-order valence-corrected chi connectivity index (χ1v) is 5.56. The Morgan fingerprint density at radius 3 is 2.62 bits per heavy atom. The van der Waals surface area contributed by atoms with Crippen molar-refractivity contribution in [1.82, 2.24) is 0 Å². The van der Waals surface area contributed by atoms with E-state index in [4.69, 9.17) is 10.5 Å². The van der Waals surface area contributed by atoms with Gasteiger partial charge < -0.3 is 10.5 Å². The van der Waals surface area contributed by atoms with Crippen molar-refractivity contribution in [1.29, 1.82) is 0 Å². The van der Waals surface area contributed by atoms with Gasteiger partial charge in [-0.25, -0.2) is 4.79 Å². The fourth-order valence-corrected chi connectivity index (χ4v) is 2.28. The zero-order valence-electron chi connectivity index (χ0n) is 8.44. The van der Waals surface area contributed by atoms with Gasteiger partial charge in [-0.3, -0.25) is 0 Å². The van der Waals surface area contributed by atoms with Crippen LogP contribution in [0.25, 0.3) is 10.8 Å². The van der Waals surface area contributed by atoms with Crippen molar-refractivity contribution in [2.45, 2.75) is 6.61 Å². The Balaban J connectivity index is 2.48. The third kappa shape index (κ3) is 2.17. The average molecular weight is 280 g/mol. The first kappa shape index (κ1) is 11.0. The molecule has 3 nitrogen and oxygen atoms in total. The number of benzene rings is 2. The Hall–Kier alpha value is -1.55. The zero-order valence-corrected chi connectivity index (χ0v) is 10.0. The smallest absolute Gasteiger partial charge is 0.404 e. The summed E-state index contributed by atoms with van der Waals surface area (Å²) in [6, 6.07) is 11.8. The van der Waals surface area contributed by atoms with Crippen molar-refractivity contribution in [3.05, 3.63) is 46.4 Å². The van der Waals surface area contributed by atoms with Crippen molar-refractivity contribution < 1.29 is 9.53 Å². The van der Waals surface area contributed by atoms with Gasteiger partial charge in [-0.05, 0) is 17.0 Å². The standard InChI is InChI=1S/C12H10BrNO2/c13-10-6-2-4-8-3-1-5-9(11(8)10)7-16-12(14)15/h1-6H,7H2,(H2,14,15). The molecule has 2 rings (SSSR count). The van der Waals surface area contributed by atoms with Gasteiger partial charge in [0.2, 0.25) is 0 Å². The number of carbonyl (C=O) groups is 1.